The number of carbonyl (C=O) groups is 1. The molecule has 0 aliphatic carbocycles. The first kappa shape index (κ1) is 13.9. The number of rotatable bonds is 1. The Bertz CT molecular complexity index is 458. The van der Waals surface area contributed by atoms with Gasteiger partial charge >= 0.3 is 0 Å². The summed E-state index contributed by atoms with van der Waals surface area (Å²) in [5.41, 5.74) is 0.537. The number of halogens is 2. The Kier molecular flexibility index (Phi) is 4.33. The van der Waals surface area contributed by atoms with Gasteiger partial charge in [0, 0.05) is 29.2 Å². The summed E-state index contributed by atoms with van der Waals surface area (Å²) in [6.07, 6.45) is 0. The molecule has 0 spiro atoms. The van der Waals surface area contributed by atoms with Crippen molar-refractivity contribution in [3.05, 3.63) is 34.1 Å². The fraction of sp³-hybridized carbons (Fsp3) is 0.462. The van der Waals surface area contributed by atoms with Crippen molar-refractivity contribution in [1.29, 1.82) is 0 Å². The molecule has 2 atom stereocenters. The predicted molar refractivity (Wildman–Crippen MR) is 76.5 cm³/mol. The van der Waals surface area contributed by atoms with E-state index < -0.39 is 0 Å². The molecule has 1 aliphatic heterocycles. The van der Waals surface area contributed by atoms with Gasteiger partial charge in [0.05, 0.1) is 4.47 Å². The van der Waals surface area contributed by atoms with Gasteiger partial charge in [0.25, 0.3) is 5.91 Å². The molecule has 0 saturated carbocycles. The molecule has 5 heteroatoms. The Morgan fingerprint density at radius 2 is 2.00 bits per heavy atom. The molecule has 0 bridgehead atoms. The molecular formula is C13H15BrFNOS. The third-order valence-corrected chi connectivity index (χ3v) is 4.71. The van der Waals surface area contributed by atoms with Crippen LogP contribution >= 0.6 is 27.7 Å². The van der Waals surface area contributed by atoms with E-state index in [9.17, 15) is 9.18 Å². The van der Waals surface area contributed by atoms with Crippen molar-refractivity contribution < 1.29 is 9.18 Å². The summed E-state index contributed by atoms with van der Waals surface area (Å²) < 4.78 is 13.5. The molecule has 1 aromatic carbocycles. The Labute approximate surface area is 119 Å². The molecule has 1 aromatic rings. The molecule has 0 radical (unpaired) electrons. The lowest BCUT2D eigenvalue weighted by molar-refractivity contribution is 0.0753. The molecule has 0 aromatic heterocycles. The Morgan fingerprint density at radius 3 is 2.56 bits per heavy atom. The maximum absolute atomic E-state index is 13.2. The smallest absolute Gasteiger partial charge is 0.253 e. The number of benzene rings is 1. The van der Waals surface area contributed by atoms with Crippen molar-refractivity contribution >= 4 is 33.6 Å². The second-order valence-electron chi connectivity index (χ2n) is 4.60. The van der Waals surface area contributed by atoms with Gasteiger partial charge in [0.15, 0.2) is 0 Å². The largest absolute Gasteiger partial charge is 0.336 e. The number of amides is 1. The van der Waals surface area contributed by atoms with Crippen molar-refractivity contribution in [2.24, 2.45) is 0 Å². The third kappa shape index (κ3) is 3.06. The summed E-state index contributed by atoms with van der Waals surface area (Å²) in [5, 5.41) is 0.892. The van der Waals surface area contributed by atoms with Gasteiger partial charge in [-0.05, 0) is 34.1 Å². The summed E-state index contributed by atoms with van der Waals surface area (Å²) in [5.74, 6) is -0.364. The van der Waals surface area contributed by atoms with Gasteiger partial charge < -0.3 is 4.90 Å². The van der Waals surface area contributed by atoms with Crippen LogP contribution in [0.2, 0.25) is 0 Å². The Morgan fingerprint density at radius 1 is 1.39 bits per heavy atom. The average Bonchev–Trinajstić information content (AvgIpc) is 2.30. The van der Waals surface area contributed by atoms with Crippen molar-refractivity contribution in [2.75, 3.05) is 13.1 Å². The fourth-order valence-corrected chi connectivity index (χ4v) is 3.86. The zero-order chi connectivity index (χ0) is 13.3. The molecule has 1 amide bonds. The van der Waals surface area contributed by atoms with Gasteiger partial charge in [0.1, 0.15) is 5.82 Å². The highest BCUT2D eigenvalue weighted by Crippen LogP contribution is 2.26. The summed E-state index contributed by atoms with van der Waals surface area (Å²) in [6.45, 7) is 5.76. The molecule has 98 valence electrons. The van der Waals surface area contributed by atoms with Crippen LogP contribution in [0.5, 0.6) is 0 Å². The van der Waals surface area contributed by atoms with Crippen molar-refractivity contribution in [1.82, 2.24) is 4.90 Å². The van der Waals surface area contributed by atoms with E-state index in [0.29, 0.717) is 20.5 Å². The highest BCUT2D eigenvalue weighted by Gasteiger charge is 2.26. The zero-order valence-electron chi connectivity index (χ0n) is 10.3. The lowest BCUT2D eigenvalue weighted by atomic mass is 10.2. The Hall–Kier alpha value is -0.550. The van der Waals surface area contributed by atoms with E-state index in [1.807, 2.05) is 16.7 Å². The molecule has 1 aliphatic rings. The average molecular weight is 332 g/mol. The molecule has 2 rings (SSSR count). The van der Waals surface area contributed by atoms with Gasteiger partial charge in [-0.3, -0.25) is 4.79 Å². The molecule has 2 nitrogen and oxygen atoms in total. The quantitative estimate of drug-likeness (QED) is 0.784. The van der Waals surface area contributed by atoms with E-state index in [4.69, 9.17) is 0 Å². The van der Waals surface area contributed by atoms with Crippen molar-refractivity contribution in [3.63, 3.8) is 0 Å². The van der Waals surface area contributed by atoms with Crippen LogP contribution in [-0.4, -0.2) is 34.4 Å². The van der Waals surface area contributed by atoms with Crippen LogP contribution in [0.15, 0.2) is 22.7 Å². The predicted octanol–water partition coefficient (Wildman–Crippen LogP) is 3.55. The maximum Gasteiger partial charge on any atom is 0.253 e. The van der Waals surface area contributed by atoms with Crippen LogP contribution < -0.4 is 0 Å². The highest BCUT2D eigenvalue weighted by atomic mass is 79.9. The molecule has 1 saturated heterocycles. The summed E-state index contributed by atoms with van der Waals surface area (Å²) >= 11 is 5.01. The molecular weight excluding hydrogens is 317 g/mol. The first-order valence-corrected chi connectivity index (χ1v) is 7.60. The minimum Gasteiger partial charge on any atom is -0.336 e. The molecule has 1 heterocycles. The van der Waals surface area contributed by atoms with E-state index >= 15 is 0 Å². The number of nitrogens with zero attached hydrogens (tertiary/aromatic N) is 1. The van der Waals surface area contributed by atoms with Crippen LogP contribution in [0.25, 0.3) is 0 Å². The first-order valence-electron chi connectivity index (χ1n) is 5.87. The SMILES string of the molecule is CC1CN(C(=O)c2ccc(F)c(Br)c2)CC(C)S1. The van der Waals surface area contributed by atoms with Gasteiger partial charge in [-0.2, -0.15) is 11.8 Å². The van der Waals surface area contributed by atoms with Gasteiger partial charge in [-0.15, -0.1) is 0 Å². The van der Waals surface area contributed by atoms with Crippen LogP contribution in [0.1, 0.15) is 24.2 Å². The zero-order valence-corrected chi connectivity index (χ0v) is 12.7. The molecule has 18 heavy (non-hydrogen) atoms. The summed E-state index contributed by atoms with van der Waals surface area (Å²) in [4.78, 5) is 14.2. The summed E-state index contributed by atoms with van der Waals surface area (Å²) in [7, 11) is 0. The standard InChI is InChI=1S/C13H15BrFNOS/c1-8-6-16(7-9(2)18-8)13(17)10-3-4-12(15)11(14)5-10/h3-5,8-9H,6-7H2,1-2H3. The number of thioether (sulfide) groups is 1. The Balaban J connectivity index is 2.17. The third-order valence-electron chi connectivity index (χ3n) is 2.87. The lowest BCUT2D eigenvalue weighted by Crippen LogP contribution is -2.44. The van der Waals surface area contributed by atoms with Gasteiger partial charge in [-0.25, -0.2) is 4.39 Å². The van der Waals surface area contributed by atoms with Crippen LogP contribution in [0, 0.1) is 5.82 Å². The highest BCUT2D eigenvalue weighted by molar-refractivity contribution is 9.10. The van der Waals surface area contributed by atoms with Crippen LogP contribution in [-0.2, 0) is 0 Å². The monoisotopic (exact) mass is 331 g/mol. The van der Waals surface area contributed by atoms with Crippen molar-refractivity contribution in [2.45, 2.75) is 24.3 Å². The number of carbonyl (C=O) groups excluding carboxylic acids is 1. The number of hydrogen-bond donors (Lipinski definition) is 0. The molecule has 1 fully saturated rings. The van der Waals surface area contributed by atoms with E-state index in [1.165, 1.54) is 6.07 Å². The van der Waals surface area contributed by atoms with Crippen LogP contribution in [0.4, 0.5) is 4.39 Å². The van der Waals surface area contributed by atoms with Crippen LogP contribution in [0.3, 0.4) is 0 Å². The molecule has 0 N–H and O–H groups in total. The summed E-state index contributed by atoms with van der Waals surface area (Å²) in [6, 6.07) is 4.41. The maximum atomic E-state index is 13.2. The van der Waals surface area contributed by atoms with Crippen molar-refractivity contribution in [3.8, 4) is 0 Å². The normalized spacial score (nSPS) is 24.1. The van der Waals surface area contributed by atoms with E-state index in [-0.39, 0.29) is 11.7 Å². The van der Waals surface area contributed by atoms with Gasteiger partial charge in [0.2, 0.25) is 0 Å². The first-order chi connectivity index (χ1) is 8.47. The van der Waals surface area contributed by atoms with E-state index in [0.717, 1.165) is 13.1 Å². The fourth-order valence-electron chi connectivity index (χ4n) is 2.16. The van der Waals surface area contributed by atoms with E-state index in [1.54, 1.807) is 12.1 Å². The number of hydrogen-bond acceptors (Lipinski definition) is 2. The van der Waals surface area contributed by atoms with Gasteiger partial charge in [-0.1, -0.05) is 13.8 Å². The second-order valence-corrected chi connectivity index (χ2v) is 7.33. The molecule has 2 unspecified atom stereocenters. The topological polar surface area (TPSA) is 20.3 Å². The lowest BCUT2D eigenvalue weighted by Gasteiger charge is -2.34. The second kappa shape index (κ2) is 5.61. The van der Waals surface area contributed by atoms with E-state index in [2.05, 4.69) is 29.8 Å². The minimum absolute atomic E-state index is 0.0188. The minimum atomic E-state index is -0.345.